The Kier molecular flexibility index (Phi) is 2.14. The van der Waals surface area contributed by atoms with Crippen molar-refractivity contribution in [3.05, 3.63) is 34.4 Å². The fourth-order valence-corrected chi connectivity index (χ4v) is 1.27. The third-order valence-electron chi connectivity index (χ3n) is 1.94. The maximum absolute atomic E-state index is 10.8. The summed E-state index contributed by atoms with van der Waals surface area (Å²) >= 11 is 0. The molecular weight excluding hydrogens is 182 g/mol. The molecule has 0 spiro atoms. The minimum atomic E-state index is -0.562. The van der Waals surface area contributed by atoms with E-state index in [2.05, 4.69) is 19.6 Å². The first-order chi connectivity index (χ1) is 6.81. The predicted molar refractivity (Wildman–Crippen MR) is 49.7 cm³/mol. The Morgan fingerprint density at radius 1 is 1.57 bits per heavy atom. The van der Waals surface area contributed by atoms with Crippen molar-refractivity contribution in [1.82, 2.24) is 15.1 Å². The van der Waals surface area contributed by atoms with Gasteiger partial charge in [0.05, 0.1) is 0 Å². The minimum Gasteiger partial charge on any atom is -0.296 e. The quantitative estimate of drug-likeness (QED) is 0.768. The average molecular weight is 191 g/mol. The maximum Gasteiger partial charge on any atom is 0.439 e. The van der Waals surface area contributed by atoms with Gasteiger partial charge in [-0.25, -0.2) is 4.79 Å². The number of aromatic nitrogens is 3. The molecule has 0 atom stereocenters. The van der Waals surface area contributed by atoms with Gasteiger partial charge >= 0.3 is 5.76 Å². The number of aromatic amines is 1. The summed E-state index contributed by atoms with van der Waals surface area (Å²) in [6, 6.07) is 3.79. The molecule has 2 aromatic rings. The summed E-state index contributed by atoms with van der Waals surface area (Å²) in [5, 5.41) is 3.59. The normalized spacial score (nSPS) is 10.4. The molecule has 0 aromatic carbocycles. The van der Waals surface area contributed by atoms with Crippen LogP contribution in [0, 0.1) is 0 Å². The van der Waals surface area contributed by atoms with Crippen LogP contribution in [-0.4, -0.2) is 15.1 Å². The van der Waals surface area contributed by atoms with Gasteiger partial charge in [0.15, 0.2) is 0 Å². The molecule has 14 heavy (non-hydrogen) atoms. The van der Waals surface area contributed by atoms with Crippen LogP contribution in [0.25, 0.3) is 11.5 Å². The molecule has 2 aromatic heterocycles. The fraction of sp³-hybridized carbons (Fsp3) is 0.222. The largest absolute Gasteiger partial charge is 0.439 e. The van der Waals surface area contributed by atoms with Crippen LogP contribution in [0.4, 0.5) is 0 Å². The molecule has 0 aliphatic rings. The van der Waals surface area contributed by atoms with Gasteiger partial charge in [0.25, 0.3) is 0 Å². The van der Waals surface area contributed by atoms with E-state index < -0.39 is 5.76 Å². The number of pyridine rings is 1. The Balaban J connectivity index is 2.55. The molecule has 0 radical (unpaired) electrons. The summed E-state index contributed by atoms with van der Waals surface area (Å²) in [7, 11) is 0. The highest BCUT2D eigenvalue weighted by Gasteiger charge is 2.09. The molecule has 0 saturated carbocycles. The van der Waals surface area contributed by atoms with E-state index in [4.69, 9.17) is 0 Å². The summed E-state index contributed by atoms with van der Waals surface area (Å²) in [6.07, 6.45) is 2.49. The lowest BCUT2D eigenvalue weighted by atomic mass is 10.1. The lowest BCUT2D eigenvalue weighted by Crippen LogP contribution is -1.97. The van der Waals surface area contributed by atoms with E-state index in [1.54, 1.807) is 6.20 Å². The van der Waals surface area contributed by atoms with Crippen LogP contribution in [-0.2, 0) is 6.42 Å². The summed E-state index contributed by atoms with van der Waals surface area (Å²) in [5.74, 6) is -0.180. The van der Waals surface area contributed by atoms with Crippen molar-refractivity contribution in [3.8, 4) is 11.5 Å². The van der Waals surface area contributed by atoms with E-state index in [0.717, 1.165) is 12.0 Å². The first-order valence-corrected chi connectivity index (χ1v) is 4.31. The topological polar surface area (TPSA) is 71.8 Å². The third-order valence-corrected chi connectivity index (χ3v) is 1.94. The summed E-state index contributed by atoms with van der Waals surface area (Å²) in [5.41, 5.74) is 1.69. The summed E-state index contributed by atoms with van der Waals surface area (Å²) in [4.78, 5) is 17.4. The minimum absolute atomic E-state index is 0.382. The van der Waals surface area contributed by atoms with Crippen molar-refractivity contribution in [1.29, 1.82) is 0 Å². The van der Waals surface area contributed by atoms with Crippen molar-refractivity contribution in [2.45, 2.75) is 13.3 Å². The van der Waals surface area contributed by atoms with E-state index in [-0.39, 0.29) is 0 Å². The second kappa shape index (κ2) is 3.45. The highest BCUT2D eigenvalue weighted by atomic mass is 16.5. The van der Waals surface area contributed by atoms with E-state index in [0.29, 0.717) is 11.5 Å². The van der Waals surface area contributed by atoms with Gasteiger partial charge in [0, 0.05) is 6.20 Å². The molecule has 72 valence electrons. The van der Waals surface area contributed by atoms with Crippen LogP contribution < -0.4 is 5.76 Å². The monoisotopic (exact) mass is 191 g/mol. The fourth-order valence-electron chi connectivity index (χ4n) is 1.27. The molecule has 5 heteroatoms. The predicted octanol–water partition coefficient (Wildman–Crippen LogP) is 0.987. The van der Waals surface area contributed by atoms with Crippen LogP contribution in [0.5, 0.6) is 0 Å². The number of nitrogens with one attached hydrogen (secondary N) is 1. The third kappa shape index (κ3) is 1.44. The summed E-state index contributed by atoms with van der Waals surface area (Å²) in [6.45, 7) is 2.01. The van der Waals surface area contributed by atoms with Crippen molar-refractivity contribution in [2.75, 3.05) is 0 Å². The van der Waals surface area contributed by atoms with Crippen LogP contribution in [0.1, 0.15) is 12.5 Å². The van der Waals surface area contributed by atoms with Crippen LogP contribution in [0.3, 0.4) is 0 Å². The lowest BCUT2D eigenvalue weighted by molar-refractivity contribution is 0.387. The van der Waals surface area contributed by atoms with Gasteiger partial charge < -0.3 is 0 Å². The van der Waals surface area contributed by atoms with Gasteiger partial charge in [0.1, 0.15) is 5.69 Å². The zero-order valence-electron chi connectivity index (χ0n) is 7.65. The Labute approximate surface area is 79.8 Å². The summed E-state index contributed by atoms with van der Waals surface area (Å²) < 4.78 is 4.42. The van der Waals surface area contributed by atoms with Crippen molar-refractivity contribution in [2.24, 2.45) is 0 Å². The first kappa shape index (κ1) is 8.68. The zero-order valence-corrected chi connectivity index (χ0v) is 7.65. The molecule has 0 unspecified atom stereocenters. The van der Waals surface area contributed by atoms with Crippen LogP contribution >= 0.6 is 0 Å². The number of H-pyrrole nitrogens is 1. The molecule has 0 bridgehead atoms. The van der Waals surface area contributed by atoms with E-state index in [1.807, 2.05) is 19.1 Å². The smallest absolute Gasteiger partial charge is 0.296 e. The molecule has 2 rings (SSSR count). The first-order valence-electron chi connectivity index (χ1n) is 4.31. The van der Waals surface area contributed by atoms with Gasteiger partial charge in [-0.3, -0.25) is 14.5 Å². The van der Waals surface area contributed by atoms with E-state index in [9.17, 15) is 4.79 Å². The molecule has 5 nitrogen and oxygen atoms in total. The molecule has 0 aliphatic carbocycles. The van der Waals surface area contributed by atoms with Gasteiger partial charge in [-0.15, -0.1) is 0 Å². The number of rotatable bonds is 2. The van der Waals surface area contributed by atoms with E-state index >= 15 is 0 Å². The maximum atomic E-state index is 10.8. The van der Waals surface area contributed by atoms with Gasteiger partial charge in [-0.1, -0.05) is 18.1 Å². The molecule has 0 fully saturated rings. The van der Waals surface area contributed by atoms with Crippen molar-refractivity contribution >= 4 is 0 Å². The van der Waals surface area contributed by atoms with Gasteiger partial charge in [0.2, 0.25) is 5.82 Å². The molecule has 0 aliphatic heterocycles. The zero-order chi connectivity index (χ0) is 9.97. The van der Waals surface area contributed by atoms with Crippen molar-refractivity contribution in [3.63, 3.8) is 0 Å². The second-order valence-electron chi connectivity index (χ2n) is 2.81. The molecule has 2 heterocycles. The van der Waals surface area contributed by atoms with E-state index in [1.165, 1.54) is 0 Å². The van der Waals surface area contributed by atoms with Crippen molar-refractivity contribution < 1.29 is 4.52 Å². The van der Waals surface area contributed by atoms with Gasteiger partial charge in [-0.05, 0) is 18.1 Å². The van der Waals surface area contributed by atoms with Crippen LogP contribution in [0.15, 0.2) is 27.6 Å². The highest BCUT2D eigenvalue weighted by Crippen LogP contribution is 2.15. The Morgan fingerprint density at radius 2 is 2.43 bits per heavy atom. The molecule has 0 amide bonds. The highest BCUT2D eigenvalue weighted by molar-refractivity contribution is 5.53. The number of aryl methyl sites for hydroxylation is 1. The van der Waals surface area contributed by atoms with Gasteiger partial charge in [-0.2, -0.15) is 0 Å². The number of hydrogen-bond donors (Lipinski definition) is 1. The number of hydrogen-bond acceptors (Lipinski definition) is 4. The Bertz CT molecular complexity index is 487. The second-order valence-corrected chi connectivity index (χ2v) is 2.81. The Morgan fingerprint density at radius 3 is 3.07 bits per heavy atom. The standard InChI is InChI=1S/C9H9N3O2/c1-2-6-4-3-5-10-7(6)8-11-9(13)14-12-8/h3-5H,2H2,1H3,(H,11,12,13). The average Bonchev–Trinajstić information content (AvgIpc) is 2.65. The lowest BCUT2D eigenvalue weighted by Gasteiger charge is -2.00. The Hall–Kier alpha value is -1.91. The number of nitrogens with zero attached hydrogens (tertiary/aromatic N) is 2. The molecule has 1 N–H and O–H groups in total. The van der Waals surface area contributed by atoms with Crippen LogP contribution in [0.2, 0.25) is 0 Å². The SMILES string of the molecule is CCc1cccnc1-c1noc(=O)[nH]1. The molecular formula is C9H9N3O2. The molecule has 0 saturated heterocycles.